The van der Waals surface area contributed by atoms with E-state index in [4.69, 9.17) is 0 Å². The molecule has 1 atom stereocenters. The van der Waals surface area contributed by atoms with Gasteiger partial charge in [0.2, 0.25) is 0 Å². The van der Waals surface area contributed by atoms with Gasteiger partial charge in [0.15, 0.2) is 0 Å². The van der Waals surface area contributed by atoms with Crippen molar-refractivity contribution in [3.8, 4) is 0 Å². The van der Waals surface area contributed by atoms with E-state index in [1.165, 1.54) is 36.4 Å². The summed E-state index contributed by atoms with van der Waals surface area (Å²) in [5.41, 5.74) is 1.18. The van der Waals surface area contributed by atoms with E-state index in [0.29, 0.717) is 5.25 Å². The van der Waals surface area contributed by atoms with Crippen molar-refractivity contribution in [3.05, 3.63) is 34.8 Å². The fourth-order valence-corrected chi connectivity index (χ4v) is 3.82. The van der Waals surface area contributed by atoms with Gasteiger partial charge in [-0.1, -0.05) is 6.42 Å². The molecule has 2 nitrogen and oxygen atoms in total. The number of thioether (sulfide) groups is 1. The monoisotopic (exact) mass is 296 g/mol. The Balaban J connectivity index is 2.05. The van der Waals surface area contributed by atoms with Gasteiger partial charge in [-0.3, -0.25) is 0 Å². The zero-order chi connectivity index (χ0) is 11.0. The van der Waals surface area contributed by atoms with Crippen molar-refractivity contribution < 1.29 is 0 Å². The predicted octanol–water partition coefficient (Wildman–Crippen LogP) is 4.06. The minimum Gasteiger partial charge on any atom is -0.302 e. The highest BCUT2D eigenvalue weighted by molar-refractivity contribution is 9.10. The Kier molecular flexibility index (Phi) is 2.94. The maximum Gasteiger partial charge on any atom is 0.126 e. The number of pyridine rings is 1. The molecule has 0 radical (unpaired) electrons. The van der Waals surface area contributed by atoms with Crippen LogP contribution in [0.25, 0.3) is 5.52 Å². The van der Waals surface area contributed by atoms with Crippen LogP contribution < -0.4 is 0 Å². The molecule has 1 aliphatic heterocycles. The Morgan fingerprint density at radius 1 is 1.38 bits per heavy atom. The summed E-state index contributed by atoms with van der Waals surface area (Å²) in [5.74, 6) is 2.48. The molecule has 1 saturated heterocycles. The number of hydrogen-bond donors (Lipinski definition) is 0. The minimum atomic E-state index is 0.575. The SMILES string of the molecule is Brc1ccc2cnc(C3CCCCS3)n2c1. The number of halogens is 1. The molecule has 3 rings (SSSR count). The van der Waals surface area contributed by atoms with Crippen LogP contribution in [-0.4, -0.2) is 15.1 Å². The summed E-state index contributed by atoms with van der Waals surface area (Å²) in [6, 6.07) is 4.17. The van der Waals surface area contributed by atoms with Gasteiger partial charge in [-0.25, -0.2) is 4.98 Å². The first-order valence-corrected chi connectivity index (χ1v) is 7.43. The molecule has 2 aromatic heterocycles. The van der Waals surface area contributed by atoms with E-state index in [1.807, 2.05) is 18.0 Å². The largest absolute Gasteiger partial charge is 0.302 e. The third kappa shape index (κ3) is 1.89. The summed E-state index contributed by atoms with van der Waals surface area (Å²) < 4.78 is 3.33. The second-order valence-corrected chi connectivity index (χ2v) is 6.34. The van der Waals surface area contributed by atoms with Crippen molar-refractivity contribution in [1.29, 1.82) is 0 Å². The first kappa shape index (κ1) is 10.7. The van der Waals surface area contributed by atoms with Crippen LogP contribution in [0.2, 0.25) is 0 Å². The highest BCUT2D eigenvalue weighted by Gasteiger charge is 2.20. The fraction of sp³-hybridized carbons (Fsp3) is 0.417. The van der Waals surface area contributed by atoms with Crippen LogP contribution in [-0.2, 0) is 0 Å². The van der Waals surface area contributed by atoms with Gasteiger partial charge < -0.3 is 4.40 Å². The van der Waals surface area contributed by atoms with Crippen LogP contribution in [0.1, 0.15) is 30.3 Å². The molecular formula is C12H13BrN2S. The number of imidazole rings is 1. The molecule has 0 aromatic carbocycles. The summed E-state index contributed by atoms with van der Waals surface area (Å²) in [7, 11) is 0. The topological polar surface area (TPSA) is 17.3 Å². The van der Waals surface area contributed by atoms with E-state index in [-0.39, 0.29) is 0 Å². The third-order valence-electron chi connectivity index (χ3n) is 2.99. The molecular weight excluding hydrogens is 284 g/mol. The molecule has 0 N–H and O–H groups in total. The average molecular weight is 297 g/mol. The third-order valence-corrected chi connectivity index (χ3v) is 4.83. The first-order valence-electron chi connectivity index (χ1n) is 5.59. The van der Waals surface area contributed by atoms with Crippen molar-refractivity contribution in [2.45, 2.75) is 24.5 Å². The molecule has 0 amide bonds. The van der Waals surface area contributed by atoms with Gasteiger partial charge in [0, 0.05) is 10.7 Å². The molecule has 84 valence electrons. The Labute approximate surface area is 108 Å². The Morgan fingerprint density at radius 2 is 2.31 bits per heavy atom. The molecule has 0 aliphatic carbocycles. The van der Waals surface area contributed by atoms with Crippen molar-refractivity contribution in [2.24, 2.45) is 0 Å². The zero-order valence-corrected chi connectivity index (χ0v) is 11.3. The van der Waals surface area contributed by atoms with Crippen LogP contribution in [0.5, 0.6) is 0 Å². The Morgan fingerprint density at radius 3 is 3.12 bits per heavy atom. The average Bonchev–Trinajstić information content (AvgIpc) is 2.73. The predicted molar refractivity (Wildman–Crippen MR) is 71.9 cm³/mol. The van der Waals surface area contributed by atoms with Crippen LogP contribution >= 0.6 is 27.7 Å². The maximum absolute atomic E-state index is 4.58. The van der Waals surface area contributed by atoms with Gasteiger partial charge in [-0.15, -0.1) is 0 Å². The summed E-state index contributed by atoms with van der Waals surface area (Å²) in [6.07, 6.45) is 8.04. The second-order valence-electron chi connectivity index (χ2n) is 4.11. The maximum atomic E-state index is 4.58. The molecule has 0 spiro atoms. The highest BCUT2D eigenvalue weighted by Crippen LogP contribution is 2.37. The summed E-state index contributed by atoms with van der Waals surface area (Å²) in [5, 5.41) is 0.575. The van der Waals surface area contributed by atoms with E-state index in [1.54, 1.807) is 0 Å². The van der Waals surface area contributed by atoms with Crippen LogP contribution in [0.4, 0.5) is 0 Å². The fourth-order valence-electron chi connectivity index (χ4n) is 2.17. The number of hydrogen-bond acceptors (Lipinski definition) is 2. The van der Waals surface area contributed by atoms with Gasteiger partial charge in [-0.2, -0.15) is 11.8 Å². The zero-order valence-electron chi connectivity index (χ0n) is 8.90. The van der Waals surface area contributed by atoms with Crippen LogP contribution in [0.3, 0.4) is 0 Å². The molecule has 0 bridgehead atoms. The van der Waals surface area contributed by atoms with Crippen LogP contribution in [0.15, 0.2) is 29.0 Å². The normalized spacial score (nSPS) is 21.4. The lowest BCUT2D eigenvalue weighted by Crippen LogP contribution is -2.06. The van der Waals surface area contributed by atoms with E-state index >= 15 is 0 Å². The summed E-state index contributed by atoms with van der Waals surface area (Å²) in [4.78, 5) is 4.58. The molecule has 0 saturated carbocycles. The minimum absolute atomic E-state index is 0.575. The van der Waals surface area contributed by atoms with Gasteiger partial charge in [0.05, 0.1) is 17.0 Å². The van der Waals surface area contributed by atoms with Crippen molar-refractivity contribution in [2.75, 3.05) is 5.75 Å². The smallest absolute Gasteiger partial charge is 0.126 e. The highest BCUT2D eigenvalue weighted by atomic mass is 79.9. The van der Waals surface area contributed by atoms with E-state index in [9.17, 15) is 0 Å². The number of rotatable bonds is 1. The standard InChI is InChI=1S/C12H13BrN2S/c13-9-4-5-10-7-14-12(15(10)8-9)11-3-1-2-6-16-11/h4-5,7-8,11H,1-3,6H2. The quantitative estimate of drug-likeness (QED) is 0.790. The van der Waals surface area contributed by atoms with Crippen LogP contribution in [0, 0.1) is 0 Å². The number of fused-ring (bicyclic) bond motifs is 1. The number of nitrogens with zero attached hydrogens (tertiary/aromatic N) is 2. The van der Waals surface area contributed by atoms with E-state index in [0.717, 1.165) is 4.47 Å². The van der Waals surface area contributed by atoms with Gasteiger partial charge >= 0.3 is 0 Å². The summed E-state index contributed by atoms with van der Waals surface area (Å²) in [6.45, 7) is 0. The molecule has 1 aliphatic rings. The number of aromatic nitrogens is 2. The molecule has 3 heterocycles. The van der Waals surface area contributed by atoms with E-state index < -0.39 is 0 Å². The molecule has 2 aromatic rings. The lowest BCUT2D eigenvalue weighted by Gasteiger charge is -2.20. The van der Waals surface area contributed by atoms with Crippen molar-refractivity contribution in [3.63, 3.8) is 0 Å². The van der Waals surface area contributed by atoms with Gasteiger partial charge in [0.1, 0.15) is 5.82 Å². The molecule has 1 unspecified atom stereocenters. The molecule has 16 heavy (non-hydrogen) atoms. The van der Waals surface area contributed by atoms with Gasteiger partial charge in [0.25, 0.3) is 0 Å². The molecule has 4 heteroatoms. The lowest BCUT2D eigenvalue weighted by atomic mass is 10.2. The van der Waals surface area contributed by atoms with E-state index in [2.05, 4.69) is 43.6 Å². The second kappa shape index (κ2) is 4.41. The van der Waals surface area contributed by atoms with Gasteiger partial charge in [-0.05, 0) is 46.7 Å². The lowest BCUT2D eigenvalue weighted by molar-refractivity contribution is 0.660. The summed E-state index contributed by atoms with van der Waals surface area (Å²) >= 11 is 5.56. The Bertz CT molecular complexity index is 503. The van der Waals surface area contributed by atoms with Crippen molar-refractivity contribution >= 4 is 33.2 Å². The van der Waals surface area contributed by atoms with Crippen molar-refractivity contribution in [1.82, 2.24) is 9.38 Å². The first-order chi connectivity index (χ1) is 7.84. The molecule has 1 fully saturated rings. The Hall–Kier alpha value is -0.480.